The first-order valence-electron chi connectivity index (χ1n) is 8.12. The number of piperidine rings is 1. The van der Waals surface area contributed by atoms with Crippen LogP contribution in [0.5, 0.6) is 0 Å². The van der Waals surface area contributed by atoms with E-state index in [0.717, 1.165) is 32.5 Å². The molecule has 114 valence electrons. The van der Waals surface area contributed by atoms with E-state index in [-0.39, 0.29) is 6.09 Å². The van der Waals surface area contributed by atoms with Gasteiger partial charge in [-0.15, -0.1) is 0 Å². The lowest BCUT2D eigenvalue weighted by Crippen LogP contribution is -2.45. The fraction of sp³-hybridized carbons (Fsp3) is 0.812. The molecule has 1 fully saturated rings. The van der Waals surface area contributed by atoms with Gasteiger partial charge in [0.05, 0.1) is 6.61 Å². The minimum Gasteiger partial charge on any atom is -0.450 e. The molecule has 1 aliphatic carbocycles. The lowest BCUT2D eigenvalue weighted by molar-refractivity contribution is 0.0952. The number of rotatable bonds is 5. The molecule has 1 amide bonds. The predicted molar refractivity (Wildman–Crippen MR) is 80.8 cm³/mol. The van der Waals surface area contributed by atoms with Crippen molar-refractivity contribution in [2.24, 2.45) is 0 Å². The molecule has 0 aromatic rings. The van der Waals surface area contributed by atoms with E-state index >= 15 is 0 Å². The Morgan fingerprint density at radius 3 is 2.85 bits per heavy atom. The first-order chi connectivity index (χ1) is 9.79. The summed E-state index contributed by atoms with van der Waals surface area (Å²) in [6, 6.07) is 0.560. The van der Waals surface area contributed by atoms with Crippen molar-refractivity contribution in [3.05, 3.63) is 11.6 Å². The lowest BCUT2D eigenvalue weighted by atomic mass is 9.97. The Morgan fingerprint density at radius 1 is 1.40 bits per heavy atom. The fourth-order valence-corrected chi connectivity index (χ4v) is 3.05. The van der Waals surface area contributed by atoms with Crippen molar-refractivity contribution >= 4 is 6.09 Å². The van der Waals surface area contributed by atoms with Gasteiger partial charge < -0.3 is 15.0 Å². The van der Waals surface area contributed by atoms with E-state index in [1.807, 2.05) is 11.8 Å². The molecule has 0 saturated carbocycles. The number of hydrogen-bond donors (Lipinski definition) is 1. The lowest BCUT2D eigenvalue weighted by Gasteiger charge is -2.31. The van der Waals surface area contributed by atoms with Crippen LogP contribution in [0.3, 0.4) is 0 Å². The Balaban J connectivity index is 1.59. The summed E-state index contributed by atoms with van der Waals surface area (Å²) in [7, 11) is 0. The smallest absolute Gasteiger partial charge is 0.409 e. The molecule has 0 aromatic heterocycles. The highest BCUT2D eigenvalue weighted by atomic mass is 16.6. The molecule has 0 radical (unpaired) electrons. The van der Waals surface area contributed by atoms with Gasteiger partial charge in [0.25, 0.3) is 0 Å². The second-order valence-corrected chi connectivity index (χ2v) is 5.77. The second-order valence-electron chi connectivity index (χ2n) is 5.77. The third-order valence-electron chi connectivity index (χ3n) is 4.29. The third kappa shape index (κ3) is 4.82. The zero-order chi connectivity index (χ0) is 14.2. The van der Waals surface area contributed by atoms with Gasteiger partial charge in [0, 0.05) is 19.1 Å². The molecular weight excluding hydrogens is 252 g/mol. The average molecular weight is 280 g/mol. The van der Waals surface area contributed by atoms with Gasteiger partial charge in [-0.3, -0.25) is 0 Å². The molecule has 0 unspecified atom stereocenters. The molecule has 4 nitrogen and oxygen atoms in total. The molecule has 0 atom stereocenters. The number of amides is 1. The van der Waals surface area contributed by atoms with E-state index in [2.05, 4.69) is 11.4 Å². The van der Waals surface area contributed by atoms with Gasteiger partial charge in [0.1, 0.15) is 0 Å². The molecule has 0 bridgehead atoms. The molecule has 1 aliphatic heterocycles. The molecule has 2 aliphatic rings. The summed E-state index contributed by atoms with van der Waals surface area (Å²) in [5.74, 6) is 0. The Labute approximate surface area is 122 Å². The van der Waals surface area contributed by atoms with Crippen molar-refractivity contribution in [3.8, 4) is 0 Å². The highest BCUT2D eigenvalue weighted by Crippen LogP contribution is 2.19. The zero-order valence-electron chi connectivity index (χ0n) is 12.7. The summed E-state index contributed by atoms with van der Waals surface area (Å²) in [5, 5.41) is 3.64. The number of nitrogens with one attached hydrogen (secondary N) is 1. The Hall–Kier alpha value is -1.03. The van der Waals surface area contributed by atoms with E-state index < -0.39 is 0 Å². The number of nitrogens with zero attached hydrogens (tertiary/aromatic N) is 1. The van der Waals surface area contributed by atoms with E-state index in [9.17, 15) is 4.79 Å². The average Bonchev–Trinajstić information content (AvgIpc) is 2.49. The van der Waals surface area contributed by atoms with Gasteiger partial charge in [0.15, 0.2) is 0 Å². The monoisotopic (exact) mass is 280 g/mol. The van der Waals surface area contributed by atoms with Gasteiger partial charge in [-0.1, -0.05) is 11.6 Å². The molecule has 2 rings (SSSR count). The summed E-state index contributed by atoms with van der Waals surface area (Å²) < 4.78 is 5.04. The van der Waals surface area contributed by atoms with Crippen LogP contribution in [0.25, 0.3) is 0 Å². The number of hydrogen-bond acceptors (Lipinski definition) is 3. The standard InChI is InChI=1S/C16H28N2O2/c1-2-20-16(19)18-12-9-15(10-13-18)17-11-8-14-6-4-3-5-7-14/h6,15,17H,2-5,7-13H2,1H3. The maximum atomic E-state index is 11.6. The quantitative estimate of drug-likeness (QED) is 0.787. The highest BCUT2D eigenvalue weighted by Gasteiger charge is 2.22. The molecule has 0 aromatic carbocycles. The van der Waals surface area contributed by atoms with Gasteiger partial charge >= 0.3 is 6.09 Å². The summed E-state index contributed by atoms with van der Waals surface area (Å²) in [6.07, 6.45) is 10.8. The van der Waals surface area contributed by atoms with Crippen molar-refractivity contribution in [2.75, 3.05) is 26.2 Å². The minimum atomic E-state index is -0.154. The van der Waals surface area contributed by atoms with Crippen LogP contribution in [-0.4, -0.2) is 43.3 Å². The van der Waals surface area contributed by atoms with E-state index in [4.69, 9.17) is 4.74 Å². The van der Waals surface area contributed by atoms with E-state index in [1.54, 1.807) is 5.57 Å². The Bertz CT molecular complexity index is 333. The number of carbonyl (C=O) groups excluding carboxylic acids is 1. The molecule has 1 heterocycles. The zero-order valence-corrected chi connectivity index (χ0v) is 12.7. The van der Waals surface area contributed by atoms with Crippen LogP contribution in [0.1, 0.15) is 51.9 Å². The van der Waals surface area contributed by atoms with Crippen LogP contribution in [0.2, 0.25) is 0 Å². The van der Waals surface area contributed by atoms with Gasteiger partial charge in [-0.05, 0) is 58.4 Å². The first-order valence-corrected chi connectivity index (χ1v) is 8.12. The van der Waals surface area contributed by atoms with Crippen molar-refractivity contribution in [3.63, 3.8) is 0 Å². The Morgan fingerprint density at radius 2 is 2.20 bits per heavy atom. The number of allylic oxidation sites excluding steroid dienone is 1. The molecule has 4 heteroatoms. The van der Waals surface area contributed by atoms with Crippen LogP contribution in [0.15, 0.2) is 11.6 Å². The van der Waals surface area contributed by atoms with Crippen molar-refractivity contribution in [2.45, 2.75) is 57.9 Å². The molecule has 1 N–H and O–H groups in total. The summed E-state index contributed by atoms with van der Waals surface area (Å²) in [6.45, 7) is 5.03. The van der Waals surface area contributed by atoms with Gasteiger partial charge in [0.2, 0.25) is 0 Å². The van der Waals surface area contributed by atoms with Gasteiger partial charge in [-0.25, -0.2) is 4.79 Å². The van der Waals surface area contributed by atoms with Gasteiger partial charge in [-0.2, -0.15) is 0 Å². The highest BCUT2D eigenvalue weighted by molar-refractivity contribution is 5.67. The first kappa shape index (κ1) is 15.4. The normalized spacial score (nSPS) is 20.6. The molecule has 20 heavy (non-hydrogen) atoms. The van der Waals surface area contributed by atoms with Crippen LogP contribution in [0, 0.1) is 0 Å². The third-order valence-corrected chi connectivity index (χ3v) is 4.29. The maximum Gasteiger partial charge on any atom is 0.409 e. The van der Waals surface area contributed by atoms with Crippen molar-refractivity contribution < 1.29 is 9.53 Å². The largest absolute Gasteiger partial charge is 0.450 e. The molecular formula is C16H28N2O2. The SMILES string of the molecule is CCOC(=O)N1CCC(NCCC2=CCCCC2)CC1. The Kier molecular flexibility index (Phi) is 6.37. The second kappa shape index (κ2) is 8.30. The van der Waals surface area contributed by atoms with Crippen LogP contribution < -0.4 is 5.32 Å². The molecule has 1 saturated heterocycles. The number of ether oxygens (including phenoxy) is 1. The maximum absolute atomic E-state index is 11.6. The van der Waals surface area contributed by atoms with Crippen LogP contribution in [-0.2, 0) is 4.74 Å². The predicted octanol–water partition coefficient (Wildman–Crippen LogP) is 3.09. The fourth-order valence-electron chi connectivity index (χ4n) is 3.05. The van der Waals surface area contributed by atoms with Crippen LogP contribution >= 0.6 is 0 Å². The minimum absolute atomic E-state index is 0.154. The summed E-state index contributed by atoms with van der Waals surface area (Å²) in [5.41, 5.74) is 1.63. The van der Waals surface area contributed by atoms with E-state index in [0.29, 0.717) is 12.6 Å². The van der Waals surface area contributed by atoms with E-state index in [1.165, 1.54) is 32.1 Å². The van der Waals surface area contributed by atoms with Crippen molar-refractivity contribution in [1.82, 2.24) is 10.2 Å². The van der Waals surface area contributed by atoms with Crippen LogP contribution in [0.4, 0.5) is 4.79 Å². The number of carbonyl (C=O) groups is 1. The molecule has 0 spiro atoms. The topological polar surface area (TPSA) is 41.6 Å². The number of likely N-dealkylation sites (tertiary alicyclic amines) is 1. The van der Waals surface area contributed by atoms with Crippen molar-refractivity contribution in [1.29, 1.82) is 0 Å². The summed E-state index contributed by atoms with van der Waals surface area (Å²) in [4.78, 5) is 13.4. The summed E-state index contributed by atoms with van der Waals surface area (Å²) >= 11 is 0.